The number of urea groups is 1. The van der Waals surface area contributed by atoms with E-state index in [1.165, 1.54) is 30.5 Å². The molecule has 2 aromatic rings. The Morgan fingerprint density at radius 3 is 2.54 bits per heavy atom. The Bertz CT molecular complexity index is 1490. The lowest BCUT2D eigenvalue weighted by atomic mass is 9.91. The van der Waals surface area contributed by atoms with E-state index in [9.17, 15) is 41.5 Å². The highest BCUT2D eigenvalue weighted by molar-refractivity contribution is 6.12. The number of alkyl halides is 3. The fourth-order valence-corrected chi connectivity index (χ4v) is 5.16. The van der Waals surface area contributed by atoms with Crippen molar-refractivity contribution in [2.75, 3.05) is 6.54 Å². The second kappa shape index (κ2) is 10.1. The van der Waals surface area contributed by atoms with Crippen LogP contribution in [0.1, 0.15) is 41.5 Å². The van der Waals surface area contributed by atoms with Gasteiger partial charge < -0.3 is 9.64 Å². The van der Waals surface area contributed by atoms with E-state index >= 15 is 0 Å². The molecule has 1 spiro atoms. The third-order valence-electron chi connectivity index (χ3n) is 7.42. The number of amides is 6. The van der Waals surface area contributed by atoms with Gasteiger partial charge in [0.15, 0.2) is 0 Å². The summed E-state index contributed by atoms with van der Waals surface area (Å²) in [7, 11) is 0. The van der Waals surface area contributed by atoms with Crippen LogP contribution in [0.2, 0.25) is 0 Å². The minimum Gasteiger partial charge on any atom is -0.427 e. The van der Waals surface area contributed by atoms with Crippen molar-refractivity contribution in [2.24, 2.45) is 4.99 Å². The lowest BCUT2D eigenvalue weighted by Gasteiger charge is -2.31. The molecule has 0 radical (unpaired) electrons. The highest BCUT2D eigenvalue weighted by atomic mass is 19.4. The summed E-state index contributed by atoms with van der Waals surface area (Å²) in [5.74, 6) is -4.10. The van der Waals surface area contributed by atoms with Crippen LogP contribution in [-0.4, -0.2) is 64.6 Å². The van der Waals surface area contributed by atoms with E-state index < -0.39 is 72.5 Å². The van der Waals surface area contributed by atoms with Gasteiger partial charge in [0.2, 0.25) is 17.4 Å². The summed E-state index contributed by atoms with van der Waals surface area (Å²) in [5, 5.41) is 2.10. The van der Waals surface area contributed by atoms with Crippen molar-refractivity contribution >= 4 is 36.1 Å². The molecule has 6 amide bonds. The van der Waals surface area contributed by atoms with E-state index in [0.717, 1.165) is 19.1 Å². The van der Waals surface area contributed by atoms with Crippen molar-refractivity contribution in [2.45, 2.75) is 50.0 Å². The van der Waals surface area contributed by atoms with Gasteiger partial charge in [-0.2, -0.15) is 13.2 Å². The number of nitrogens with one attached hydrogen (secondary N) is 1. The predicted molar refractivity (Wildman–Crippen MR) is 132 cm³/mol. The highest BCUT2D eigenvalue weighted by Gasteiger charge is 2.58. The number of rotatable bonds is 6. The van der Waals surface area contributed by atoms with Crippen LogP contribution in [0.3, 0.4) is 0 Å². The van der Waals surface area contributed by atoms with E-state index in [1.807, 2.05) is 0 Å². The maximum Gasteiger partial charge on any atom is 0.418 e. The van der Waals surface area contributed by atoms with Gasteiger partial charge in [0.1, 0.15) is 18.4 Å². The standard InChI is InChI=1S/C27H22F4N4O6/c1-14(27(29,30)31)34(12-15-2-5-18(28)6-3-15)21(36)13-35-23(38)26(41-25(35)40)9-8-17-10-16(4-7-20(17)26)19-11-32-24(39)33-22(19)37/h2-7,10-11,14,19H,8-9,12-13H2,1H3,(H,33,37,39)/t14?,19?,26-/m1/s1. The molecule has 0 bridgehead atoms. The molecule has 0 aromatic heterocycles. The number of carbonyl (C=O) groups excluding carboxylic acids is 5. The zero-order valence-corrected chi connectivity index (χ0v) is 21.4. The molecule has 5 rings (SSSR count). The van der Waals surface area contributed by atoms with Crippen LogP contribution in [0, 0.1) is 5.82 Å². The van der Waals surface area contributed by atoms with Crippen LogP contribution in [0.25, 0.3) is 0 Å². The Balaban J connectivity index is 1.38. The van der Waals surface area contributed by atoms with E-state index in [0.29, 0.717) is 26.5 Å². The Kier molecular flexibility index (Phi) is 6.87. The van der Waals surface area contributed by atoms with Crippen LogP contribution in [0.15, 0.2) is 47.5 Å². The zero-order chi connectivity index (χ0) is 29.7. The molecular formula is C27H22F4N4O6. The smallest absolute Gasteiger partial charge is 0.418 e. The molecule has 10 nitrogen and oxygen atoms in total. The van der Waals surface area contributed by atoms with Gasteiger partial charge in [0.05, 0.1) is 5.92 Å². The van der Waals surface area contributed by atoms with Crippen molar-refractivity contribution in [1.82, 2.24) is 15.1 Å². The average molecular weight is 574 g/mol. The Morgan fingerprint density at radius 1 is 1.17 bits per heavy atom. The molecule has 2 aromatic carbocycles. The number of hydrogen-bond acceptors (Lipinski definition) is 6. The van der Waals surface area contributed by atoms with Crippen molar-refractivity contribution in [1.29, 1.82) is 0 Å². The van der Waals surface area contributed by atoms with Gasteiger partial charge in [-0.25, -0.2) is 23.9 Å². The number of imide groups is 2. The molecule has 3 atom stereocenters. The minimum absolute atomic E-state index is 0.0166. The number of aliphatic imine (C=N–C) groups is 1. The third kappa shape index (κ3) is 5.05. The Hall–Kier alpha value is -4.62. The number of fused-ring (bicyclic) bond motifs is 2. The molecule has 214 valence electrons. The van der Waals surface area contributed by atoms with Crippen molar-refractivity contribution in [3.05, 3.63) is 70.5 Å². The van der Waals surface area contributed by atoms with Gasteiger partial charge in [-0.15, -0.1) is 0 Å². The minimum atomic E-state index is -4.82. The number of carbonyl (C=O) groups is 5. The quantitative estimate of drug-likeness (QED) is 0.528. The number of halogens is 4. The number of nitrogens with zero attached hydrogens (tertiary/aromatic N) is 3. The number of hydrogen-bond donors (Lipinski definition) is 1. The third-order valence-corrected chi connectivity index (χ3v) is 7.42. The van der Waals surface area contributed by atoms with Gasteiger partial charge in [0, 0.05) is 24.7 Å². The molecule has 1 aliphatic carbocycles. The fraction of sp³-hybridized carbons (Fsp3) is 0.333. The van der Waals surface area contributed by atoms with Gasteiger partial charge >= 0.3 is 18.3 Å². The molecule has 1 fully saturated rings. The van der Waals surface area contributed by atoms with Gasteiger partial charge in [-0.05, 0) is 42.2 Å². The molecule has 2 aliphatic heterocycles. The first-order chi connectivity index (χ1) is 19.3. The van der Waals surface area contributed by atoms with Crippen LogP contribution < -0.4 is 5.32 Å². The topological polar surface area (TPSA) is 125 Å². The summed E-state index contributed by atoms with van der Waals surface area (Å²) in [5.41, 5.74) is -0.175. The molecule has 1 N–H and O–H groups in total. The highest BCUT2D eigenvalue weighted by Crippen LogP contribution is 2.46. The summed E-state index contributed by atoms with van der Waals surface area (Å²) in [6.45, 7) is -0.774. The van der Waals surface area contributed by atoms with Crippen molar-refractivity contribution < 1.29 is 46.3 Å². The van der Waals surface area contributed by atoms with Crippen LogP contribution >= 0.6 is 0 Å². The van der Waals surface area contributed by atoms with Gasteiger partial charge in [-0.1, -0.05) is 30.3 Å². The first-order valence-corrected chi connectivity index (χ1v) is 12.5. The number of aryl methyl sites for hydroxylation is 1. The zero-order valence-electron chi connectivity index (χ0n) is 21.4. The van der Waals surface area contributed by atoms with Crippen LogP contribution in [-0.2, 0) is 37.7 Å². The summed E-state index contributed by atoms with van der Waals surface area (Å²) in [4.78, 5) is 67.5. The second-order valence-electron chi connectivity index (χ2n) is 9.92. The summed E-state index contributed by atoms with van der Waals surface area (Å²) in [6.07, 6.45) is -4.53. The second-order valence-corrected chi connectivity index (χ2v) is 9.92. The monoisotopic (exact) mass is 574 g/mol. The average Bonchev–Trinajstić information content (AvgIpc) is 3.39. The predicted octanol–water partition coefficient (Wildman–Crippen LogP) is 3.33. The van der Waals surface area contributed by atoms with Crippen LogP contribution in [0.5, 0.6) is 0 Å². The molecule has 1 saturated heterocycles. The maximum absolute atomic E-state index is 13.6. The lowest BCUT2D eigenvalue weighted by molar-refractivity contribution is -0.187. The number of benzene rings is 2. The molecular weight excluding hydrogens is 552 g/mol. The Labute approximate surface area is 229 Å². The normalized spacial score (nSPS) is 22.6. The molecule has 41 heavy (non-hydrogen) atoms. The van der Waals surface area contributed by atoms with Crippen molar-refractivity contribution in [3.8, 4) is 0 Å². The SMILES string of the molecule is CC(N(Cc1ccc(F)cc1)C(=O)CN1C(=O)O[C@@]2(CCc3cc(C4C=NC(=O)NC4=O)ccc32)C1=O)C(F)(F)F. The van der Waals surface area contributed by atoms with E-state index in [-0.39, 0.29) is 18.4 Å². The number of ether oxygens (including phenoxy) is 1. The molecule has 3 aliphatic rings. The van der Waals surface area contributed by atoms with E-state index in [4.69, 9.17) is 4.74 Å². The molecule has 14 heteroatoms. The lowest BCUT2D eigenvalue weighted by Crippen LogP contribution is -2.51. The Morgan fingerprint density at radius 2 is 1.88 bits per heavy atom. The van der Waals surface area contributed by atoms with Crippen LogP contribution in [0.4, 0.5) is 27.2 Å². The van der Waals surface area contributed by atoms with E-state index in [2.05, 4.69) is 10.3 Å². The fourth-order valence-electron chi connectivity index (χ4n) is 5.16. The first-order valence-electron chi connectivity index (χ1n) is 12.5. The summed E-state index contributed by atoms with van der Waals surface area (Å²) >= 11 is 0. The molecule has 2 heterocycles. The van der Waals surface area contributed by atoms with Gasteiger partial charge in [0.25, 0.3) is 5.91 Å². The first kappa shape index (κ1) is 27.9. The van der Waals surface area contributed by atoms with Crippen molar-refractivity contribution in [3.63, 3.8) is 0 Å². The molecule has 0 saturated carbocycles. The maximum atomic E-state index is 13.6. The van der Waals surface area contributed by atoms with Gasteiger partial charge in [-0.3, -0.25) is 19.7 Å². The molecule has 2 unspecified atom stereocenters. The van der Waals surface area contributed by atoms with E-state index in [1.54, 1.807) is 6.07 Å². The largest absolute Gasteiger partial charge is 0.427 e. The summed E-state index contributed by atoms with van der Waals surface area (Å²) < 4.78 is 59.7. The summed E-state index contributed by atoms with van der Waals surface area (Å²) in [6, 6.07) is 6.12.